The molecule has 1 N–H and O–H groups in total. The first kappa shape index (κ1) is 13.5. The molecule has 0 bridgehead atoms. The van der Waals surface area contributed by atoms with Crippen LogP contribution >= 0.6 is 0 Å². The lowest BCUT2D eigenvalue weighted by Gasteiger charge is -2.13. The lowest BCUT2D eigenvalue weighted by Crippen LogP contribution is -2.08. The Morgan fingerprint density at radius 1 is 0.789 bits per heavy atom. The van der Waals surface area contributed by atoms with Crippen molar-refractivity contribution in [2.75, 3.05) is 0 Å². The van der Waals surface area contributed by atoms with Gasteiger partial charge in [0.15, 0.2) is 0 Å². The summed E-state index contributed by atoms with van der Waals surface area (Å²) in [6.45, 7) is 0. The van der Waals surface area contributed by atoms with E-state index in [2.05, 4.69) is 0 Å². The summed E-state index contributed by atoms with van der Waals surface area (Å²) in [5, 5.41) is 8.47. The Hall–Kier alpha value is -1.92. The topological polar surface area (TPSA) is 20.2 Å². The molecule has 0 saturated carbocycles. The Labute approximate surface area is 103 Å². The third-order valence-corrected chi connectivity index (χ3v) is 2.57. The highest BCUT2D eigenvalue weighted by Crippen LogP contribution is 2.39. The van der Waals surface area contributed by atoms with Crippen molar-refractivity contribution in [1.82, 2.24) is 0 Å². The molecule has 0 aliphatic carbocycles. The first-order chi connectivity index (χ1) is 8.59. The van der Waals surface area contributed by atoms with E-state index >= 15 is 0 Å². The quantitative estimate of drug-likeness (QED) is 0.700. The zero-order valence-electron chi connectivity index (χ0n) is 9.10. The number of hydrogen-bond donors (Lipinski definition) is 1. The number of phenolic OH excluding ortho intramolecular Hbond substituents is 1. The number of rotatable bonds is 0. The van der Waals surface area contributed by atoms with Gasteiger partial charge in [-0.1, -0.05) is 6.07 Å². The second kappa shape index (κ2) is 4.04. The second-order valence-corrected chi connectivity index (χ2v) is 3.92. The summed E-state index contributed by atoms with van der Waals surface area (Å²) in [6.07, 6.45) is -9.57. The molecule has 0 aromatic heterocycles. The van der Waals surface area contributed by atoms with Crippen LogP contribution in [0.15, 0.2) is 30.3 Å². The molecule has 0 aliphatic rings. The molecule has 2 aromatic rings. The second-order valence-electron chi connectivity index (χ2n) is 3.92. The van der Waals surface area contributed by atoms with Gasteiger partial charge in [-0.3, -0.25) is 0 Å². The van der Waals surface area contributed by atoms with Crippen LogP contribution in [-0.2, 0) is 12.4 Å². The molecule has 0 aliphatic heterocycles. The molecule has 0 heterocycles. The van der Waals surface area contributed by atoms with Crippen molar-refractivity contribution in [3.05, 3.63) is 41.5 Å². The van der Waals surface area contributed by atoms with E-state index in [0.29, 0.717) is 18.2 Å². The Morgan fingerprint density at radius 3 is 1.95 bits per heavy atom. The van der Waals surface area contributed by atoms with E-state index in [0.717, 1.165) is 12.1 Å². The highest BCUT2D eigenvalue weighted by atomic mass is 19.4. The molecule has 0 spiro atoms. The van der Waals surface area contributed by atoms with Gasteiger partial charge in [-0.2, -0.15) is 26.3 Å². The SMILES string of the molecule is Oc1cc(C(F)(F)F)c2cc(C(F)(F)F)ccc2c1. The molecule has 0 fully saturated rings. The van der Waals surface area contributed by atoms with Crippen LogP contribution in [0.1, 0.15) is 11.1 Å². The third kappa shape index (κ3) is 2.59. The predicted molar refractivity (Wildman–Crippen MR) is 55.6 cm³/mol. The third-order valence-electron chi connectivity index (χ3n) is 2.57. The van der Waals surface area contributed by atoms with Crippen LogP contribution < -0.4 is 0 Å². The van der Waals surface area contributed by atoms with Gasteiger partial charge in [-0.15, -0.1) is 0 Å². The van der Waals surface area contributed by atoms with E-state index < -0.39 is 34.6 Å². The van der Waals surface area contributed by atoms with Crippen molar-refractivity contribution in [2.24, 2.45) is 0 Å². The largest absolute Gasteiger partial charge is 0.508 e. The molecule has 1 nitrogen and oxygen atoms in total. The minimum Gasteiger partial charge on any atom is -0.508 e. The number of aromatic hydroxyl groups is 1. The maximum atomic E-state index is 12.7. The number of phenols is 1. The highest BCUT2D eigenvalue weighted by Gasteiger charge is 2.35. The summed E-state index contributed by atoms with van der Waals surface area (Å²) in [7, 11) is 0. The molecular weight excluding hydrogens is 274 g/mol. The van der Waals surface area contributed by atoms with Gasteiger partial charge in [0.05, 0.1) is 11.1 Å². The van der Waals surface area contributed by atoms with E-state index in [9.17, 15) is 31.4 Å². The van der Waals surface area contributed by atoms with Crippen molar-refractivity contribution in [1.29, 1.82) is 0 Å². The number of fused-ring (bicyclic) bond motifs is 1. The van der Waals surface area contributed by atoms with Gasteiger partial charge in [-0.25, -0.2) is 0 Å². The normalized spacial score (nSPS) is 12.9. The lowest BCUT2D eigenvalue weighted by atomic mass is 10.0. The molecular formula is C12H6F6O. The molecule has 2 rings (SSSR count). The van der Waals surface area contributed by atoms with Crippen molar-refractivity contribution in [3.63, 3.8) is 0 Å². The van der Waals surface area contributed by atoms with Crippen LogP contribution in [0.3, 0.4) is 0 Å². The lowest BCUT2D eigenvalue weighted by molar-refractivity contribution is -0.139. The maximum absolute atomic E-state index is 12.7. The summed E-state index contributed by atoms with van der Waals surface area (Å²) in [5.41, 5.74) is -2.47. The van der Waals surface area contributed by atoms with Crippen LogP contribution in [0, 0.1) is 0 Å². The van der Waals surface area contributed by atoms with Gasteiger partial charge in [-0.05, 0) is 35.0 Å². The Bertz CT molecular complexity index is 626. The molecule has 102 valence electrons. The standard InChI is InChI=1S/C12H6F6O/c13-11(14,15)7-2-1-6-3-8(19)5-10(9(6)4-7)12(16,17)18/h1-5,19H. The van der Waals surface area contributed by atoms with Crippen molar-refractivity contribution < 1.29 is 31.4 Å². The molecule has 0 unspecified atom stereocenters. The van der Waals surface area contributed by atoms with Crippen molar-refractivity contribution >= 4 is 10.8 Å². The zero-order chi connectivity index (χ0) is 14.4. The molecule has 7 heteroatoms. The summed E-state index contributed by atoms with van der Waals surface area (Å²) >= 11 is 0. The fourth-order valence-corrected chi connectivity index (χ4v) is 1.75. The van der Waals surface area contributed by atoms with Gasteiger partial charge >= 0.3 is 12.4 Å². The minimum absolute atomic E-state index is 0.111. The van der Waals surface area contributed by atoms with E-state index in [1.165, 1.54) is 0 Å². The van der Waals surface area contributed by atoms with Gasteiger partial charge in [0.1, 0.15) is 5.75 Å². The fourth-order valence-electron chi connectivity index (χ4n) is 1.75. The summed E-state index contributed by atoms with van der Waals surface area (Å²) in [5.74, 6) is -0.653. The van der Waals surface area contributed by atoms with Crippen molar-refractivity contribution in [3.8, 4) is 5.75 Å². The van der Waals surface area contributed by atoms with Crippen molar-refractivity contribution in [2.45, 2.75) is 12.4 Å². The Morgan fingerprint density at radius 2 is 1.42 bits per heavy atom. The van der Waals surface area contributed by atoms with E-state index in [1.807, 2.05) is 0 Å². The fraction of sp³-hybridized carbons (Fsp3) is 0.167. The van der Waals surface area contributed by atoms with Gasteiger partial charge in [0, 0.05) is 0 Å². The summed E-state index contributed by atoms with van der Waals surface area (Å²) in [6, 6.07) is 3.37. The maximum Gasteiger partial charge on any atom is 0.417 e. The number of benzene rings is 2. The van der Waals surface area contributed by atoms with E-state index in [4.69, 9.17) is 0 Å². The minimum atomic E-state index is -4.85. The average Bonchev–Trinajstić information content (AvgIpc) is 2.24. The predicted octanol–water partition coefficient (Wildman–Crippen LogP) is 4.58. The molecule has 19 heavy (non-hydrogen) atoms. The van der Waals surface area contributed by atoms with Crippen LogP contribution in [0.5, 0.6) is 5.75 Å². The van der Waals surface area contributed by atoms with E-state index in [1.54, 1.807) is 0 Å². The van der Waals surface area contributed by atoms with Gasteiger partial charge in [0.2, 0.25) is 0 Å². The van der Waals surface area contributed by atoms with Gasteiger partial charge < -0.3 is 5.11 Å². The monoisotopic (exact) mass is 280 g/mol. The average molecular weight is 280 g/mol. The van der Waals surface area contributed by atoms with Crippen LogP contribution in [0.4, 0.5) is 26.3 Å². The molecule has 0 saturated heterocycles. The van der Waals surface area contributed by atoms with Gasteiger partial charge in [0.25, 0.3) is 0 Å². The summed E-state index contributed by atoms with van der Waals surface area (Å²) < 4.78 is 75.7. The summed E-state index contributed by atoms with van der Waals surface area (Å²) in [4.78, 5) is 0. The van der Waals surface area contributed by atoms with Crippen LogP contribution in [0.25, 0.3) is 10.8 Å². The first-order valence-corrected chi connectivity index (χ1v) is 5.00. The smallest absolute Gasteiger partial charge is 0.417 e. The first-order valence-electron chi connectivity index (χ1n) is 5.00. The zero-order valence-corrected chi connectivity index (χ0v) is 9.10. The molecule has 0 radical (unpaired) electrons. The number of hydrogen-bond acceptors (Lipinski definition) is 1. The number of halogens is 6. The number of alkyl halides is 6. The Kier molecular flexibility index (Phi) is 2.87. The van der Waals surface area contributed by atoms with Crippen LogP contribution in [0.2, 0.25) is 0 Å². The van der Waals surface area contributed by atoms with E-state index in [-0.39, 0.29) is 5.39 Å². The Balaban J connectivity index is 2.80. The molecule has 0 atom stereocenters. The highest BCUT2D eigenvalue weighted by molar-refractivity contribution is 5.88. The molecule has 0 amide bonds. The van der Waals surface area contributed by atoms with Crippen LogP contribution in [-0.4, -0.2) is 5.11 Å². The molecule has 2 aromatic carbocycles.